The maximum atomic E-state index is 11.3. The minimum atomic E-state index is -0.199. The molecule has 0 radical (unpaired) electrons. The largest absolute Gasteiger partial charge is 0.332 e. The van der Waals surface area contributed by atoms with Gasteiger partial charge in [-0.3, -0.25) is 9.78 Å². The highest BCUT2D eigenvalue weighted by atomic mass is 35.5. The molecule has 0 spiro atoms. The standard InChI is InChI=1S/C8H5ClN2OS/c9-4-1-2-5-6(3-4)10-8(13)11-7(5)12/h1-3H,(H2,10,11,12,13). The first-order chi connectivity index (χ1) is 6.16. The molecule has 0 unspecified atom stereocenters. The molecule has 2 aromatic rings. The number of benzene rings is 1. The van der Waals surface area contributed by atoms with Crippen molar-refractivity contribution in [3.63, 3.8) is 0 Å². The maximum Gasteiger partial charge on any atom is 0.259 e. The predicted octanol–water partition coefficient (Wildman–Crippen LogP) is 2.24. The molecule has 0 aliphatic carbocycles. The van der Waals surface area contributed by atoms with Gasteiger partial charge in [-0.1, -0.05) is 11.6 Å². The molecule has 0 saturated heterocycles. The highest BCUT2D eigenvalue weighted by molar-refractivity contribution is 7.71. The molecule has 0 saturated carbocycles. The Kier molecular flexibility index (Phi) is 1.94. The van der Waals surface area contributed by atoms with Gasteiger partial charge in [0.25, 0.3) is 5.56 Å². The van der Waals surface area contributed by atoms with E-state index in [0.29, 0.717) is 20.7 Å². The Balaban J connectivity index is 3.03. The second-order valence-electron chi connectivity index (χ2n) is 2.60. The van der Waals surface area contributed by atoms with Gasteiger partial charge in [0.05, 0.1) is 10.9 Å². The second-order valence-corrected chi connectivity index (χ2v) is 3.44. The highest BCUT2D eigenvalue weighted by Crippen LogP contribution is 2.13. The fraction of sp³-hybridized carbons (Fsp3) is 0. The molecular formula is C8H5ClN2OS. The van der Waals surface area contributed by atoms with E-state index >= 15 is 0 Å². The number of nitrogens with one attached hydrogen (secondary N) is 2. The Morgan fingerprint density at radius 3 is 2.85 bits per heavy atom. The zero-order valence-corrected chi connectivity index (χ0v) is 8.00. The normalized spacial score (nSPS) is 10.5. The Bertz CT molecular complexity index is 572. The van der Waals surface area contributed by atoms with E-state index in [2.05, 4.69) is 9.97 Å². The molecule has 0 aliphatic rings. The van der Waals surface area contributed by atoms with E-state index in [0.717, 1.165) is 0 Å². The molecule has 1 heterocycles. The molecule has 0 atom stereocenters. The van der Waals surface area contributed by atoms with Crippen molar-refractivity contribution in [2.75, 3.05) is 0 Å². The summed E-state index contributed by atoms with van der Waals surface area (Å²) in [5.41, 5.74) is 0.455. The third kappa shape index (κ3) is 1.50. The molecule has 1 aromatic carbocycles. The lowest BCUT2D eigenvalue weighted by atomic mass is 10.2. The number of aromatic nitrogens is 2. The molecule has 13 heavy (non-hydrogen) atoms. The molecule has 3 nitrogen and oxygen atoms in total. The molecule has 2 rings (SSSR count). The minimum Gasteiger partial charge on any atom is -0.332 e. The van der Waals surface area contributed by atoms with Gasteiger partial charge < -0.3 is 4.98 Å². The van der Waals surface area contributed by atoms with Crippen LogP contribution >= 0.6 is 23.8 Å². The molecule has 0 amide bonds. The number of fused-ring (bicyclic) bond motifs is 1. The van der Waals surface area contributed by atoms with Gasteiger partial charge in [-0.25, -0.2) is 0 Å². The van der Waals surface area contributed by atoms with E-state index in [1.807, 2.05) is 0 Å². The summed E-state index contributed by atoms with van der Waals surface area (Å²) in [6.45, 7) is 0. The van der Waals surface area contributed by atoms with Gasteiger partial charge in [0.1, 0.15) is 0 Å². The SMILES string of the molecule is O=c1[nH]c(=S)[nH]c2cc(Cl)ccc12. The quantitative estimate of drug-likeness (QED) is 0.658. The lowest BCUT2D eigenvalue weighted by molar-refractivity contribution is 1.14. The lowest BCUT2D eigenvalue weighted by Gasteiger charge is -1.96. The summed E-state index contributed by atoms with van der Waals surface area (Å²) in [5, 5.41) is 1.13. The predicted molar refractivity (Wildman–Crippen MR) is 54.8 cm³/mol. The average Bonchev–Trinajstić information content (AvgIpc) is 2.02. The molecular weight excluding hydrogens is 208 g/mol. The van der Waals surface area contributed by atoms with Gasteiger partial charge in [0.15, 0.2) is 4.77 Å². The molecule has 66 valence electrons. The zero-order chi connectivity index (χ0) is 9.42. The van der Waals surface area contributed by atoms with Crippen LogP contribution in [0.3, 0.4) is 0 Å². The number of halogens is 1. The maximum absolute atomic E-state index is 11.3. The summed E-state index contributed by atoms with van der Waals surface area (Å²) in [6, 6.07) is 4.99. The van der Waals surface area contributed by atoms with E-state index in [-0.39, 0.29) is 5.56 Å². The van der Waals surface area contributed by atoms with E-state index in [1.54, 1.807) is 18.2 Å². The van der Waals surface area contributed by atoms with E-state index in [1.165, 1.54) is 0 Å². The van der Waals surface area contributed by atoms with Crippen molar-refractivity contribution in [3.05, 3.63) is 38.3 Å². The summed E-state index contributed by atoms with van der Waals surface area (Å²) >= 11 is 10.6. The Labute approximate surface area is 83.4 Å². The van der Waals surface area contributed by atoms with Crippen LogP contribution in [0.15, 0.2) is 23.0 Å². The summed E-state index contributed by atoms with van der Waals surface area (Å²) in [6.07, 6.45) is 0. The number of hydrogen-bond acceptors (Lipinski definition) is 2. The topological polar surface area (TPSA) is 48.6 Å². The first-order valence-electron chi connectivity index (χ1n) is 3.59. The first kappa shape index (κ1) is 8.47. The van der Waals surface area contributed by atoms with Crippen LogP contribution in [0.1, 0.15) is 0 Å². The van der Waals surface area contributed by atoms with Gasteiger partial charge in [0, 0.05) is 5.02 Å². The third-order valence-electron chi connectivity index (χ3n) is 1.70. The molecule has 0 aliphatic heterocycles. The lowest BCUT2D eigenvalue weighted by Crippen LogP contribution is -2.07. The van der Waals surface area contributed by atoms with Crippen LogP contribution in [0.2, 0.25) is 5.02 Å². The molecule has 0 fully saturated rings. The Morgan fingerprint density at radius 1 is 1.31 bits per heavy atom. The fourth-order valence-electron chi connectivity index (χ4n) is 1.14. The van der Waals surface area contributed by atoms with Crippen molar-refractivity contribution in [3.8, 4) is 0 Å². The zero-order valence-electron chi connectivity index (χ0n) is 6.43. The van der Waals surface area contributed by atoms with Crippen LogP contribution < -0.4 is 5.56 Å². The molecule has 5 heteroatoms. The molecule has 1 aromatic heterocycles. The van der Waals surface area contributed by atoms with Crippen LogP contribution in [-0.2, 0) is 0 Å². The van der Waals surface area contributed by atoms with E-state index in [4.69, 9.17) is 23.8 Å². The number of H-pyrrole nitrogens is 2. The van der Waals surface area contributed by atoms with Crippen LogP contribution in [0.5, 0.6) is 0 Å². The van der Waals surface area contributed by atoms with E-state index < -0.39 is 0 Å². The van der Waals surface area contributed by atoms with Gasteiger partial charge >= 0.3 is 0 Å². The smallest absolute Gasteiger partial charge is 0.259 e. The summed E-state index contributed by atoms with van der Waals surface area (Å²) in [7, 11) is 0. The summed E-state index contributed by atoms with van der Waals surface area (Å²) in [4.78, 5) is 16.7. The van der Waals surface area contributed by atoms with E-state index in [9.17, 15) is 4.79 Å². The van der Waals surface area contributed by atoms with Crippen LogP contribution in [0.25, 0.3) is 10.9 Å². The van der Waals surface area contributed by atoms with Gasteiger partial charge in [-0.05, 0) is 30.4 Å². The van der Waals surface area contributed by atoms with Crippen LogP contribution in [0, 0.1) is 4.77 Å². The molecule has 2 N–H and O–H groups in total. The average molecular weight is 213 g/mol. The van der Waals surface area contributed by atoms with Crippen molar-refractivity contribution < 1.29 is 0 Å². The van der Waals surface area contributed by atoms with Gasteiger partial charge in [-0.2, -0.15) is 0 Å². The fourth-order valence-corrected chi connectivity index (χ4v) is 1.52. The van der Waals surface area contributed by atoms with Crippen LogP contribution in [-0.4, -0.2) is 9.97 Å². The number of rotatable bonds is 0. The second kappa shape index (κ2) is 2.97. The molecule has 0 bridgehead atoms. The van der Waals surface area contributed by atoms with Crippen molar-refractivity contribution in [1.82, 2.24) is 9.97 Å². The highest BCUT2D eigenvalue weighted by Gasteiger charge is 1.98. The minimum absolute atomic E-state index is 0.199. The van der Waals surface area contributed by atoms with Crippen molar-refractivity contribution in [2.24, 2.45) is 0 Å². The van der Waals surface area contributed by atoms with Gasteiger partial charge in [-0.15, -0.1) is 0 Å². The Morgan fingerprint density at radius 2 is 2.08 bits per heavy atom. The van der Waals surface area contributed by atoms with Crippen molar-refractivity contribution in [1.29, 1.82) is 0 Å². The monoisotopic (exact) mass is 212 g/mol. The van der Waals surface area contributed by atoms with Crippen molar-refractivity contribution in [2.45, 2.75) is 0 Å². The summed E-state index contributed by atoms with van der Waals surface area (Å²) < 4.78 is 0.305. The first-order valence-corrected chi connectivity index (χ1v) is 4.37. The van der Waals surface area contributed by atoms with Gasteiger partial charge in [0.2, 0.25) is 0 Å². The third-order valence-corrected chi connectivity index (χ3v) is 2.14. The van der Waals surface area contributed by atoms with Crippen LogP contribution in [0.4, 0.5) is 0 Å². The summed E-state index contributed by atoms with van der Waals surface area (Å²) in [5.74, 6) is 0. The Hall–Kier alpha value is -1.13. The van der Waals surface area contributed by atoms with Crippen molar-refractivity contribution >= 4 is 34.7 Å². The number of aromatic amines is 2. The number of hydrogen-bond donors (Lipinski definition) is 2.